The number of aliphatic carboxylic acids is 1. The summed E-state index contributed by atoms with van der Waals surface area (Å²) in [6.45, 7) is 1.75. The van der Waals surface area contributed by atoms with Crippen molar-refractivity contribution in [2.45, 2.75) is 19.4 Å². The van der Waals surface area contributed by atoms with E-state index in [0.29, 0.717) is 16.5 Å². The minimum atomic E-state index is -0.947. The van der Waals surface area contributed by atoms with Crippen LogP contribution >= 0.6 is 11.6 Å². The van der Waals surface area contributed by atoms with Crippen LogP contribution in [0.4, 0.5) is 5.69 Å². The quantitative estimate of drug-likeness (QED) is 0.910. The zero-order valence-electron chi connectivity index (χ0n) is 9.72. The summed E-state index contributed by atoms with van der Waals surface area (Å²) in [5.41, 5.74) is 0.559. The molecule has 0 saturated carbocycles. The van der Waals surface area contributed by atoms with Gasteiger partial charge < -0.3 is 14.7 Å². The number of hydrogen-bond acceptors (Lipinski definition) is 3. The summed E-state index contributed by atoms with van der Waals surface area (Å²) in [5.74, 6) is -0.691. The van der Waals surface area contributed by atoms with Gasteiger partial charge in [0.05, 0.1) is 12.1 Å². The molecule has 6 heteroatoms. The van der Waals surface area contributed by atoms with Crippen molar-refractivity contribution in [3.05, 3.63) is 23.2 Å². The Morgan fingerprint density at radius 2 is 2.28 bits per heavy atom. The maximum atomic E-state index is 12.0. The van der Waals surface area contributed by atoms with Gasteiger partial charge in [0.25, 0.3) is 5.91 Å². The molecule has 18 heavy (non-hydrogen) atoms. The Morgan fingerprint density at radius 1 is 1.56 bits per heavy atom. The third-order valence-corrected chi connectivity index (χ3v) is 2.91. The molecule has 96 valence electrons. The Hall–Kier alpha value is -1.75. The number of halogens is 1. The second-order valence-electron chi connectivity index (χ2n) is 4.01. The van der Waals surface area contributed by atoms with E-state index in [1.54, 1.807) is 25.1 Å². The molecule has 2 rings (SSSR count). The lowest BCUT2D eigenvalue weighted by Gasteiger charge is -2.32. The van der Waals surface area contributed by atoms with Crippen molar-refractivity contribution in [3.8, 4) is 5.75 Å². The SMILES string of the molecule is C[C@H]1Oc2cc(Cl)ccc2N(CCC(=O)O)C1=O. The molecule has 0 bridgehead atoms. The van der Waals surface area contributed by atoms with Gasteiger partial charge in [-0.2, -0.15) is 0 Å². The van der Waals surface area contributed by atoms with E-state index in [-0.39, 0.29) is 18.9 Å². The highest BCUT2D eigenvalue weighted by molar-refractivity contribution is 6.30. The molecular weight excluding hydrogens is 258 g/mol. The van der Waals surface area contributed by atoms with Crippen LogP contribution < -0.4 is 9.64 Å². The number of fused-ring (bicyclic) bond motifs is 1. The topological polar surface area (TPSA) is 66.8 Å². The molecule has 1 N–H and O–H groups in total. The Labute approximate surface area is 109 Å². The van der Waals surface area contributed by atoms with Crippen molar-refractivity contribution in [2.24, 2.45) is 0 Å². The van der Waals surface area contributed by atoms with Gasteiger partial charge in [0, 0.05) is 17.6 Å². The average Bonchev–Trinajstić information content (AvgIpc) is 2.29. The lowest BCUT2D eigenvalue weighted by atomic mass is 10.2. The van der Waals surface area contributed by atoms with Crippen LogP contribution in [0.1, 0.15) is 13.3 Å². The number of benzene rings is 1. The molecule has 0 fully saturated rings. The third kappa shape index (κ3) is 2.41. The van der Waals surface area contributed by atoms with E-state index in [4.69, 9.17) is 21.4 Å². The van der Waals surface area contributed by atoms with Gasteiger partial charge in [-0.1, -0.05) is 11.6 Å². The van der Waals surface area contributed by atoms with Crippen molar-refractivity contribution < 1.29 is 19.4 Å². The monoisotopic (exact) mass is 269 g/mol. The van der Waals surface area contributed by atoms with Crippen molar-refractivity contribution in [1.82, 2.24) is 0 Å². The number of nitrogens with zero attached hydrogens (tertiary/aromatic N) is 1. The van der Waals surface area contributed by atoms with Crippen LogP contribution in [0, 0.1) is 0 Å². The van der Waals surface area contributed by atoms with Crippen LogP contribution in [-0.4, -0.2) is 29.6 Å². The molecule has 5 nitrogen and oxygen atoms in total. The van der Waals surface area contributed by atoms with Gasteiger partial charge in [-0.15, -0.1) is 0 Å². The van der Waals surface area contributed by atoms with E-state index < -0.39 is 12.1 Å². The maximum absolute atomic E-state index is 12.0. The van der Waals surface area contributed by atoms with Gasteiger partial charge in [0.15, 0.2) is 6.10 Å². The van der Waals surface area contributed by atoms with Gasteiger partial charge in [0.1, 0.15) is 5.75 Å². The van der Waals surface area contributed by atoms with E-state index in [9.17, 15) is 9.59 Å². The van der Waals surface area contributed by atoms with Crippen molar-refractivity contribution in [1.29, 1.82) is 0 Å². The van der Waals surface area contributed by atoms with Gasteiger partial charge >= 0.3 is 5.97 Å². The fourth-order valence-corrected chi connectivity index (χ4v) is 1.98. The second kappa shape index (κ2) is 4.86. The standard InChI is InChI=1S/C12H12ClNO4/c1-7-12(17)14(5-4-11(15)16)9-3-2-8(13)6-10(9)18-7/h2-3,6-7H,4-5H2,1H3,(H,15,16)/t7-/m1/s1. The summed E-state index contributed by atoms with van der Waals surface area (Å²) in [6.07, 6.45) is -0.745. The number of anilines is 1. The molecule has 1 aliphatic rings. The molecule has 1 amide bonds. The molecule has 1 aromatic rings. The van der Waals surface area contributed by atoms with Crippen molar-refractivity contribution in [2.75, 3.05) is 11.4 Å². The van der Waals surface area contributed by atoms with Crippen molar-refractivity contribution in [3.63, 3.8) is 0 Å². The van der Waals surface area contributed by atoms with Crippen LogP contribution in [0.5, 0.6) is 5.75 Å². The Morgan fingerprint density at radius 3 is 2.94 bits per heavy atom. The molecule has 1 aliphatic heterocycles. The smallest absolute Gasteiger partial charge is 0.305 e. The molecule has 0 aliphatic carbocycles. The zero-order chi connectivity index (χ0) is 13.3. The molecule has 0 spiro atoms. The van der Waals surface area contributed by atoms with Gasteiger partial charge in [-0.3, -0.25) is 9.59 Å². The predicted octanol–water partition coefficient (Wildman–Crippen LogP) is 1.93. The third-order valence-electron chi connectivity index (χ3n) is 2.68. The highest BCUT2D eigenvalue weighted by Gasteiger charge is 2.31. The lowest BCUT2D eigenvalue weighted by Crippen LogP contribution is -2.45. The molecule has 0 radical (unpaired) electrons. The summed E-state index contributed by atoms with van der Waals surface area (Å²) < 4.78 is 5.44. The lowest BCUT2D eigenvalue weighted by molar-refractivity contribution is -0.136. The summed E-state index contributed by atoms with van der Waals surface area (Å²) in [5, 5.41) is 9.21. The molecule has 0 aromatic heterocycles. The van der Waals surface area contributed by atoms with Crippen LogP contribution in [0.3, 0.4) is 0 Å². The van der Waals surface area contributed by atoms with Gasteiger partial charge in [0.2, 0.25) is 0 Å². The fourth-order valence-electron chi connectivity index (χ4n) is 1.82. The Balaban J connectivity index is 2.33. The summed E-state index contributed by atoms with van der Waals surface area (Å²) in [7, 11) is 0. The van der Waals surface area contributed by atoms with Gasteiger partial charge in [-0.25, -0.2) is 0 Å². The Bertz CT molecular complexity index is 503. The molecule has 1 aromatic carbocycles. The number of hydrogen-bond donors (Lipinski definition) is 1. The molecule has 0 saturated heterocycles. The first-order valence-electron chi connectivity index (χ1n) is 5.48. The largest absolute Gasteiger partial charge is 0.481 e. The normalized spacial score (nSPS) is 18.2. The number of rotatable bonds is 3. The number of carboxylic acids is 1. The second-order valence-corrected chi connectivity index (χ2v) is 4.44. The zero-order valence-corrected chi connectivity index (χ0v) is 10.5. The van der Waals surface area contributed by atoms with Crippen molar-refractivity contribution >= 4 is 29.2 Å². The first-order valence-corrected chi connectivity index (χ1v) is 5.86. The summed E-state index contributed by atoms with van der Waals surface area (Å²) in [4.78, 5) is 24.0. The number of carbonyl (C=O) groups is 2. The minimum absolute atomic E-state index is 0.111. The minimum Gasteiger partial charge on any atom is -0.481 e. The van der Waals surface area contributed by atoms with Crippen LogP contribution in [0.25, 0.3) is 0 Å². The van der Waals surface area contributed by atoms with Crippen LogP contribution in [0.15, 0.2) is 18.2 Å². The number of carboxylic acid groups (broad SMARTS) is 1. The molecule has 0 unspecified atom stereocenters. The first-order chi connectivity index (χ1) is 8.49. The molecule has 1 atom stereocenters. The summed E-state index contributed by atoms with van der Waals surface area (Å²) in [6, 6.07) is 4.91. The average molecular weight is 270 g/mol. The predicted molar refractivity (Wildman–Crippen MR) is 66.1 cm³/mol. The fraction of sp³-hybridized carbons (Fsp3) is 0.333. The first kappa shape index (κ1) is 12.7. The molecule has 1 heterocycles. The van der Waals surface area contributed by atoms with E-state index >= 15 is 0 Å². The van der Waals surface area contributed by atoms with Crippen LogP contribution in [0.2, 0.25) is 5.02 Å². The van der Waals surface area contributed by atoms with Gasteiger partial charge in [-0.05, 0) is 19.1 Å². The van der Waals surface area contributed by atoms with E-state index in [0.717, 1.165) is 0 Å². The molecular formula is C12H12ClNO4. The van der Waals surface area contributed by atoms with E-state index in [1.165, 1.54) is 4.90 Å². The summed E-state index contributed by atoms with van der Waals surface area (Å²) >= 11 is 5.86. The highest BCUT2D eigenvalue weighted by Crippen LogP contribution is 2.36. The van der Waals surface area contributed by atoms with Crippen LogP contribution in [-0.2, 0) is 9.59 Å². The Kier molecular flexibility index (Phi) is 3.43. The number of amides is 1. The number of ether oxygens (including phenoxy) is 1. The maximum Gasteiger partial charge on any atom is 0.305 e. The van der Waals surface area contributed by atoms with E-state index in [1.807, 2.05) is 0 Å². The van der Waals surface area contributed by atoms with E-state index in [2.05, 4.69) is 0 Å². The highest BCUT2D eigenvalue weighted by atomic mass is 35.5. The number of carbonyl (C=O) groups excluding carboxylic acids is 1.